The summed E-state index contributed by atoms with van der Waals surface area (Å²) in [6.45, 7) is 5.53. The van der Waals surface area contributed by atoms with Crippen LogP contribution in [0.4, 0.5) is 5.69 Å². The Labute approximate surface area is 198 Å². The van der Waals surface area contributed by atoms with E-state index in [1.165, 1.54) is 4.31 Å². The van der Waals surface area contributed by atoms with E-state index < -0.39 is 10.0 Å². The summed E-state index contributed by atoms with van der Waals surface area (Å²) in [5.41, 5.74) is 3.55. The Morgan fingerprint density at radius 3 is 2.73 bits per heavy atom. The molecule has 0 unspecified atom stereocenters. The monoisotopic (exact) mass is 484 g/mol. The van der Waals surface area contributed by atoms with Gasteiger partial charge in [-0.3, -0.25) is 4.99 Å². The highest BCUT2D eigenvalue weighted by Crippen LogP contribution is 2.29. The third-order valence-electron chi connectivity index (χ3n) is 6.03. The molecule has 1 saturated heterocycles. The van der Waals surface area contributed by atoms with E-state index in [0.717, 1.165) is 34.4 Å². The second-order valence-electron chi connectivity index (χ2n) is 7.95. The van der Waals surface area contributed by atoms with Crippen LogP contribution in [0.2, 0.25) is 5.15 Å². The number of nitrogens with one attached hydrogen (secondary N) is 1. The first-order valence-electron chi connectivity index (χ1n) is 10.9. The number of aryl methyl sites for hydroxylation is 1. The molecule has 2 aliphatic heterocycles. The Hall–Kier alpha value is -2.72. The van der Waals surface area contributed by atoms with Crippen LogP contribution in [0.1, 0.15) is 12.5 Å². The summed E-state index contributed by atoms with van der Waals surface area (Å²) in [5, 5.41) is 4.68. The lowest BCUT2D eigenvalue weighted by atomic mass is 10.1. The van der Waals surface area contributed by atoms with Crippen LogP contribution >= 0.6 is 11.6 Å². The molecule has 4 heterocycles. The van der Waals surface area contributed by atoms with E-state index >= 15 is 0 Å². The van der Waals surface area contributed by atoms with Crippen LogP contribution in [0, 0.1) is 0 Å². The normalized spacial score (nSPS) is 17.5. The first-order chi connectivity index (χ1) is 16.0. The number of benzene rings is 1. The lowest BCUT2D eigenvalue weighted by Crippen LogP contribution is -2.46. The van der Waals surface area contributed by atoms with E-state index in [2.05, 4.69) is 28.0 Å². The fourth-order valence-corrected chi connectivity index (χ4v) is 6.02. The molecule has 0 amide bonds. The fraction of sp³-hybridized carbons (Fsp3) is 0.304. The van der Waals surface area contributed by atoms with Gasteiger partial charge in [0, 0.05) is 68.0 Å². The van der Waals surface area contributed by atoms with Crippen molar-refractivity contribution in [1.82, 2.24) is 19.2 Å². The molecule has 3 aromatic rings. The predicted octanol–water partition coefficient (Wildman–Crippen LogP) is 3.08. The number of allylic oxidation sites excluding steroid dienone is 1. The maximum absolute atomic E-state index is 13.1. The average Bonchev–Trinajstić information content (AvgIpc) is 3.25. The Morgan fingerprint density at radius 2 is 2.00 bits per heavy atom. The summed E-state index contributed by atoms with van der Waals surface area (Å²) in [4.78, 5) is 11.2. The van der Waals surface area contributed by atoms with Gasteiger partial charge in [-0.1, -0.05) is 17.7 Å². The van der Waals surface area contributed by atoms with Crippen molar-refractivity contribution in [2.24, 2.45) is 4.99 Å². The molecule has 10 heteroatoms. The molecule has 33 heavy (non-hydrogen) atoms. The van der Waals surface area contributed by atoms with E-state index in [0.29, 0.717) is 42.9 Å². The van der Waals surface area contributed by atoms with Gasteiger partial charge in [-0.15, -0.1) is 0 Å². The van der Waals surface area contributed by atoms with E-state index in [9.17, 15) is 8.42 Å². The first-order valence-corrected chi connectivity index (χ1v) is 12.7. The topological polar surface area (TPSA) is 82.8 Å². The van der Waals surface area contributed by atoms with Crippen LogP contribution in [-0.4, -0.2) is 60.8 Å². The largest absolute Gasteiger partial charge is 0.345 e. The number of anilines is 1. The molecule has 1 N–H and O–H groups in total. The van der Waals surface area contributed by atoms with Crippen molar-refractivity contribution in [3.05, 3.63) is 65.7 Å². The first kappa shape index (κ1) is 22.1. The number of hydrogen-bond donors (Lipinski definition) is 1. The summed E-state index contributed by atoms with van der Waals surface area (Å²) in [5.74, 6) is 0. The molecule has 0 aliphatic carbocycles. The van der Waals surface area contributed by atoms with Crippen molar-refractivity contribution in [2.45, 2.75) is 18.4 Å². The van der Waals surface area contributed by atoms with Crippen molar-refractivity contribution in [3.63, 3.8) is 0 Å². The van der Waals surface area contributed by atoms with Crippen molar-refractivity contribution < 1.29 is 8.42 Å². The minimum Gasteiger partial charge on any atom is -0.345 e. The SMILES string of the molecule is CCn1cc(C2=NCN(c3cccc(S(=O)(=O)N4CCNCC4)c3)C=C2)c2ccnc(Cl)c21. The standard InChI is InChI=1S/C23H25ClN6O2S/c1-2-28-15-20(19-6-8-26-23(24)22(19)28)21-7-11-29(16-27-21)17-4-3-5-18(14-17)33(31,32)30-12-9-25-10-13-30/h3-8,11,14-15,25H,2,9-10,12-13,16H2,1H3. The molecule has 2 aromatic heterocycles. The number of pyridine rings is 1. The second kappa shape index (κ2) is 8.90. The van der Waals surface area contributed by atoms with Crippen LogP contribution in [0.3, 0.4) is 0 Å². The molecule has 5 rings (SSSR count). The molecule has 2 aliphatic rings. The number of fused-ring (bicyclic) bond motifs is 1. The maximum atomic E-state index is 13.1. The summed E-state index contributed by atoms with van der Waals surface area (Å²) in [6.07, 6.45) is 7.65. The molecule has 0 atom stereocenters. The fourth-order valence-electron chi connectivity index (χ4n) is 4.27. The van der Waals surface area contributed by atoms with Crippen molar-refractivity contribution in [1.29, 1.82) is 0 Å². The maximum Gasteiger partial charge on any atom is 0.243 e. The highest BCUT2D eigenvalue weighted by Gasteiger charge is 2.26. The van der Waals surface area contributed by atoms with Crippen LogP contribution in [-0.2, 0) is 16.6 Å². The van der Waals surface area contributed by atoms with E-state index in [1.54, 1.807) is 24.4 Å². The molecular formula is C23H25ClN6O2S. The number of hydrogen-bond acceptors (Lipinski definition) is 6. The zero-order valence-electron chi connectivity index (χ0n) is 18.3. The zero-order valence-corrected chi connectivity index (χ0v) is 19.8. The van der Waals surface area contributed by atoms with Crippen molar-refractivity contribution in [3.8, 4) is 0 Å². The van der Waals surface area contributed by atoms with Gasteiger partial charge in [0.1, 0.15) is 6.67 Å². The summed E-state index contributed by atoms with van der Waals surface area (Å²) >= 11 is 6.35. The zero-order chi connectivity index (χ0) is 23.0. The number of nitrogens with zero attached hydrogens (tertiary/aromatic N) is 5. The number of aliphatic imine (C=N–C) groups is 1. The summed E-state index contributed by atoms with van der Waals surface area (Å²) in [6, 6.07) is 9.00. The molecular weight excluding hydrogens is 460 g/mol. The molecule has 1 fully saturated rings. The van der Waals surface area contributed by atoms with E-state index in [-0.39, 0.29) is 0 Å². The van der Waals surface area contributed by atoms with Crippen LogP contribution < -0.4 is 10.2 Å². The smallest absolute Gasteiger partial charge is 0.243 e. The third kappa shape index (κ3) is 4.06. The van der Waals surface area contributed by atoms with Gasteiger partial charge in [0.15, 0.2) is 5.15 Å². The van der Waals surface area contributed by atoms with Gasteiger partial charge in [-0.05, 0) is 37.3 Å². The predicted molar refractivity (Wildman–Crippen MR) is 132 cm³/mol. The van der Waals surface area contributed by atoms with Crippen LogP contribution in [0.15, 0.2) is 64.9 Å². The Morgan fingerprint density at radius 1 is 1.18 bits per heavy atom. The Bertz CT molecular complexity index is 1360. The minimum absolute atomic E-state index is 0.304. The average molecular weight is 485 g/mol. The van der Waals surface area contributed by atoms with E-state index in [1.807, 2.05) is 29.3 Å². The molecule has 0 radical (unpaired) electrons. The van der Waals surface area contributed by atoms with Gasteiger partial charge < -0.3 is 14.8 Å². The molecule has 8 nitrogen and oxygen atoms in total. The van der Waals surface area contributed by atoms with Crippen molar-refractivity contribution in [2.75, 3.05) is 37.7 Å². The number of piperazine rings is 1. The lowest BCUT2D eigenvalue weighted by molar-refractivity contribution is 0.360. The van der Waals surface area contributed by atoms with Crippen LogP contribution in [0.5, 0.6) is 0 Å². The number of sulfonamides is 1. The Kier molecular flexibility index (Phi) is 5.96. The number of halogens is 1. The number of aromatic nitrogens is 2. The number of rotatable bonds is 5. The quantitative estimate of drug-likeness (QED) is 0.563. The van der Waals surface area contributed by atoms with Gasteiger partial charge in [0.25, 0.3) is 0 Å². The van der Waals surface area contributed by atoms with Crippen LogP contribution in [0.25, 0.3) is 10.9 Å². The van der Waals surface area contributed by atoms with Crippen molar-refractivity contribution >= 4 is 43.9 Å². The highest BCUT2D eigenvalue weighted by atomic mass is 35.5. The van der Waals surface area contributed by atoms with Gasteiger partial charge in [-0.2, -0.15) is 4.31 Å². The highest BCUT2D eigenvalue weighted by molar-refractivity contribution is 7.89. The molecule has 172 valence electrons. The minimum atomic E-state index is -3.52. The molecule has 0 bridgehead atoms. The van der Waals surface area contributed by atoms with Gasteiger partial charge in [-0.25, -0.2) is 13.4 Å². The molecule has 0 saturated carbocycles. The third-order valence-corrected chi connectivity index (χ3v) is 8.20. The van der Waals surface area contributed by atoms with Gasteiger partial charge in [0.2, 0.25) is 10.0 Å². The Balaban J connectivity index is 1.41. The van der Waals surface area contributed by atoms with Gasteiger partial charge >= 0.3 is 0 Å². The van der Waals surface area contributed by atoms with Gasteiger partial charge in [0.05, 0.1) is 16.1 Å². The molecule has 1 aromatic carbocycles. The van der Waals surface area contributed by atoms with E-state index in [4.69, 9.17) is 16.6 Å². The second-order valence-corrected chi connectivity index (χ2v) is 10.2. The lowest BCUT2D eigenvalue weighted by Gasteiger charge is -2.27. The summed E-state index contributed by atoms with van der Waals surface area (Å²) in [7, 11) is -3.52. The molecule has 0 spiro atoms. The summed E-state index contributed by atoms with van der Waals surface area (Å²) < 4.78 is 29.7.